The smallest absolute Gasteiger partial charge is 0.236 e. The van der Waals surface area contributed by atoms with E-state index in [9.17, 15) is 5.26 Å². The lowest BCUT2D eigenvalue weighted by atomic mass is 10.1. The van der Waals surface area contributed by atoms with Gasteiger partial charge in [0.2, 0.25) is 17.5 Å². The molecule has 2 aromatic carbocycles. The van der Waals surface area contributed by atoms with Crippen molar-refractivity contribution < 1.29 is 13.9 Å². The van der Waals surface area contributed by atoms with Crippen LogP contribution in [0.4, 0.5) is 5.88 Å². The molecule has 0 radical (unpaired) electrons. The summed E-state index contributed by atoms with van der Waals surface area (Å²) in [5, 5.41) is 12.4. The van der Waals surface area contributed by atoms with Crippen LogP contribution in [0.2, 0.25) is 0 Å². The van der Waals surface area contributed by atoms with Gasteiger partial charge in [-0.3, -0.25) is 0 Å². The summed E-state index contributed by atoms with van der Waals surface area (Å²) in [7, 11) is 1.58. The predicted molar refractivity (Wildman–Crippen MR) is 97.0 cm³/mol. The van der Waals surface area contributed by atoms with Gasteiger partial charge in [0.05, 0.1) is 7.11 Å². The largest absolute Gasteiger partial charge is 0.493 e. The van der Waals surface area contributed by atoms with Crippen LogP contribution < -0.4 is 14.8 Å². The van der Waals surface area contributed by atoms with Crippen molar-refractivity contribution in [3.05, 3.63) is 71.2 Å². The molecule has 0 fully saturated rings. The van der Waals surface area contributed by atoms with Crippen molar-refractivity contribution in [3.63, 3.8) is 0 Å². The second-order valence-corrected chi connectivity index (χ2v) is 5.68. The number of ether oxygens (including phenoxy) is 2. The van der Waals surface area contributed by atoms with Gasteiger partial charge in [0.1, 0.15) is 6.07 Å². The molecule has 3 rings (SSSR count). The molecule has 0 aliphatic carbocycles. The lowest BCUT2D eigenvalue weighted by Crippen LogP contribution is -1.99. The highest BCUT2D eigenvalue weighted by Crippen LogP contribution is 2.27. The minimum Gasteiger partial charge on any atom is -0.493 e. The van der Waals surface area contributed by atoms with Gasteiger partial charge in [-0.25, -0.2) is 0 Å². The number of oxazole rings is 1. The van der Waals surface area contributed by atoms with E-state index in [0.29, 0.717) is 29.8 Å². The summed E-state index contributed by atoms with van der Waals surface area (Å²) in [5.74, 6) is 1.86. The van der Waals surface area contributed by atoms with Crippen LogP contribution in [0.15, 0.2) is 52.9 Å². The first kappa shape index (κ1) is 17.4. The fourth-order valence-corrected chi connectivity index (χ4v) is 2.39. The maximum absolute atomic E-state index is 9.26. The molecule has 1 N–H and O–H groups in total. The fourth-order valence-electron chi connectivity index (χ4n) is 2.39. The summed E-state index contributed by atoms with van der Waals surface area (Å²) in [5.41, 5.74) is 2.49. The first-order chi connectivity index (χ1) is 12.7. The molecule has 0 spiro atoms. The number of para-hydroxylation sites is 2. The molecule has 0 bridgehead atoms. The summed E-state index contributed by atoms with van der Waals surface area (Å²) in [4.78, 5) is 4.17. The van der Waals surface area contributed by atoms with Crippen LogP contribution in [0.5, 0.6) is 11.5 Å². The Kier molecular flexibility index (Phi) is 5.40. The van der Waals surface area contributed by atoms with Crippen molar-refractivity contribution in [2.45, 2.75) is 20.1 Å². The molecule has 0 unspecified atom stereocenters. The molecule has 1 aromatic heterocycles. The van der Waals surface area contributed by atoms with Gasteiger partial charge in [0, 0.05) is 6.54 Å². The number of anilines is 1. The molecular formula is C20H19N3O3. The molecule has 6 nitrogen and oxygen atoms in total. The molecule has 0 atom stereocenters. The Hall–Kier alpha value is -3.46. The second kappa shape index (κ2) is 8.08. The minimum absolute atomic E-state index is 0.0985. The number of aryl methyl sites for hydroxylation is 1. The summed E-state index contributed by atoms with van der Waals surface area (Å²) >= 11 is 0. The van der Waals surface area contributed by atoms with E-state index in [0.717, 1.165) is 5.56 Å². The number of methoxy groups -OCH3 is 1. The molecular weight excluding hydrogens is 330 g/mol. The lowest BCUT2D eigenvalue weighted by molar-refractivity contribution is 0.251. The minimum atomic E-state index is 0.0985. The van der Waals surface area contributed by atoms with Crippen LogP contribution in [0, 0.1) is 18.3 Å². The van der Waals surface area contributed by atoms with E-state index >= 15 is 0 Å². The molecule has 6 heteroatoms. The number of nitriles is 1. The van der Waals surface area contributed by atoms with Gasteiger partial charge >= 0.3 is 0 Å². The number of benzene rings is 2. The zero-order chi connectivity index (χ0) is 18.4. The van der Waals surface area contributed by atoms with E-state index in [-0.39, 0.29) is 12.3 Å². The van der Waals surface area contributed by atoms with Crippen LogP contribution in [0.25, 0.3) is 0 Å². The third-order valence-electron chi connectivity index (χ3n) is 3.77. The van der Waals surface area contributed by atoms with Gasteiger partial charge in [-0.2, -0.15) is 10.2 Å². The summed E-state index contributed by atoms with van der Waals surface area (Å²) in [6, 6.07) is 17.5. The summed E-state index contributed by atoms with van der Waals surface area (Å²) in [6.07, 6.45) is 0. The SMILES string of the molecule is COc1ccccc1OCc1nc(C#N)c(NCc2ccc(C)cc2)o1. The van der Waals surface area contributed by atoms with Gasteiger partial charge < -0.3 is 19.2 Å². The van der Waals surface area contributed by atoms with Crippen molar-refractivity contribution in [2.75, 3.05) is 12.4 Å². The standard InChI is InChI=1S/C20H19N3O3/c1-14-7-9-15(10-8-14)12-22-20-16(11-21)23-19(26-20)13-25-18-6-4-3-5-17(18)24-2/h3-10,22H,12-13H2,1-2H3. The van der Waals surface area contributed by atoms with Crippen LogP contribution in [-0.2, 0) is 13.2 Å². The van der Waals surface area contributed by atoms with Crippen molar-refractivity contribution in [3.8, 4) is 17.6 Å². The molecule has 0 saturated carbocycles. The van der Waals surface area contributed by atoms with E-state index in [1.165, 1.54) is 5.56 Å². The number of rotatable bonds is 7. The fraction of sp³-hybridized carbons (Fsp3) is 0.200. The molecule has 132 valence electrons. The second-order valence-electron chi connectivity index (χ2n) is 5.68. The van der Waals surface area contributed by atoms with E-state index in [2.05, 4.69) is 10.3 Å². The number of hydrogen-bond donors (Lipinski definition) is 1. The van der Waals surface area contributed by atoms with Gasteiger partial charge in [-0.05, 0) is 24.6 Å². The first-order valence-electron chi connectivity index (χ1n) is 8.14. The topological polar surface area (TPSA) is 80.3 Å². The Morgan fingerprint density at radius 1 is 1.12 bits per heavy atom. The van der Waals surface area contributed by atoms with Crippen LogP contribution >= 0.6 is 0 Å². The average molecular weight is 349 g/mol. The number of nitrogens with zero attached hydrogens (tertiary/aromatic N) is 2. The predicted octanol–water partition coefficient (Wildman–Crippen LogP) is 4.05. The maximum Gasteiger partial charge on any atom is 0.236 e. The molecule has 0 aliphatic rings. The Balaban J connectivity index is 1.66. The Labute approximate surface area is 152 Å². The highest BCUT2D eigenvalue weighted by molar-refractivity contribution is 5.46. The zero-order valence-corrected chi connectivity index (χ0v) is 14.7. The Morgan fingerprint density at radius 3 is 2.54 bits per heavy atom. The first-order valence-corrected chi connectivity index (χ1v) is 8.14. The molecule has 1 heterocycles. The van der Waals surface area contributed by atoms with E-state index in [1.54, 1.807) is 19.2 Å². The monoisotopic (exact) mass is 349 g/mol. The van der Waals surface area contributed by atoms with Gasteiger partial charge in [0.25, 0.3) is 0 Å². The van der Waals surface area contributed by atoms with Gasteiger partial charge in [-0.15, -0.1) is 0 Å². The van der Waals surface area contributed by atoms with E-state index in [4.69, 9.17) is 13.9 Å². The van der Waals surface area contributed by atoms with E-state index < -0.39 is 0 Å². The van der Waals surface area contributed by atoms with E-state index in [1.807, 2.05) is 49.4 Å². The highest BCUT2D eigenvalue weighted by atomic mass is 16.5. The molecule has 0 saturated heterocycles. The summed E-state index contributed by atoms with van der Waals surface area (Å²) < 4.78 is 16.6. The maximum atomic E-state index is 9.26. The number of nitrogens with one attached hydrogen (secondary N) is 1. The molecule has 3 aromatic rings. The third-order valence-corrected chi connectivity index (χ3v) is 3.77. The zero-order valence-electron chi connectivity index (χ0n) is 14.7. The van der Waals surface area contributed by atoms with Gasteiger partial charge in [-0.1, -0.05) is 42.0 Å². The lowest BCUT2D eigenvalue weighted by Gasteiger charge is -2.08. The van der Waals surface area contributed by atoms with Crippen molar-refractivity contribution in [1.82, 2.24) is 4.98 Å². The molecule has 0 aliphatic heterocycles. The third kappa shape index (κ3) is 4.14. The normalized spacial score (nSPS) is 10.2. The van der Waals surface area contributed by atoms with Crippen molar-refractivity contribution >= 4 is 5.88 Å². The number of aromatic nitrogens is 1. The van der Waals surface area contributed by atoms with Gasteiger partial charge in [0.15, 0.2) is 18.1 Å². The molecule has 26 heavy (non-hydrogen) atoms. The van der Waals surface area contributed by atoms with Crippen molar-refractivity contribution in [1.29, 1.82) is 5.26 Å². The van der Waals surface area contributed by atoms with Crippen molar-refractivity contribution in [2.24, 2.45) is 0 Å². The highest BCUT2D eigenvalue weighted by Gasteiger charge is 2.14. The Morgan fingerprint density at radius 2 is 1.85 bits per heavy atom. The summed E-state index contributed by atoms with van der Waals surface area (Å²) in [6.45, 7) is 2.67. The molecule has 0 amide bonds. The average Bonchev–Trinajstić information content (AvgIpc) is 3.08. The number of hydrogen-bond acceptors (Lipinski definition) is 6. The van der Waals surface area contributed by atoms with Crippen LogP contribution in [0.1, 0.15) is 22.7 Å². The van der Waals surface area contributed by atoms with Crippen LogP contribution in [-0.4, -0.2) is 12.1 Å². The van der Waals surface area contributed by atoms with Crippen LogP contribution in [0.3, 0.4) is 0 Å². The quantitative estimate of drug-likeness (QED) is 0.693. The Bertz CT molecular complexity index is 911.